The monoisotopic (exact) mass is 365 g/mol. The number of benzene rings is 1. The van der Waals surface area contributed by atoms with Crippen LogP contribution in [0.25, 0.3) is 0 Å². The van der Waals surface area contributed by atoms with Gasteiger partial charge in [-0.05, 0) is 18.6 Å². The lowest BCUT2D eigenvalue weighted by Gasteiger charge is -2.36. The minimum atomic E-state index is -1.42. The first-order chi connectivity index (χ1) is 12.2. The minimum Gasteiger partial charge on any atom is -0.308 e. The number of nitro groups is 1. The van der Waals surface area contributed by atoms with Crippen molar-refractivity contribution in [2.75, 3.05) is 24.5 Å². The summed E-state index contributed by atoms with van der Waals surface area (Å²) in [6.07, 6.45) is -0.692. The van der Waals surface area contributed by atoms with Gasteiger partial charge in [0, 0.05) is 28.1 Å². The molecule has 2 amide bonds. The number of hydrogen-bond acceptors (Lipinski definition) is 5. The number of anilines is 1. The second-order valence-corrected chi connectivity index (χ2v) is 6.89. The van der Waals surface area contributed by atoms with Crippen molar-refractivity contribution in [1.29, 1.82) is 0 Å². The molecule has 2 aliphatic rings. The van der Waals surface area contributed by atoms with Crippen LogP contribution in [0.2, 0.25) is 0 Å². The molecular weight excluding hydrogens is 343 g/mol. The second-order valence-electron chi connectivity index (χ2n) is 6.89. The van der Waals surface area contributed by atoms with Gasteiger partial charge >= 0.3 is 12.1 Å². The first-order valence-electron chi connectivity index (χ1n) is 8.56. The van der Waals surface area contributed by atoms with E-state index < -0.39 is 28.2 Å². The fourth-order valence-corrected chi connectivity index (χ4v) is 3.74. The van der Waals surface area contributed by atoms with Crippen LogP contribution in [0.3, 0.4) is 0 Å². The molecule has 1 saturated carbocycles. The zero-order valence-electron chi connectivity index (χ0n) is 14.7. The molecule has 1 heterocycles. The van der Waals surface area contributed by atoms with Gasteiger partial charge in [0.05, 0.1) is 19.5 Å². The van der Waals surface area contributed by atoms with Crippen LogP contribution in [0.15, 0.2) is 30.3 Å². The highest BCUT2D eigenvalue weighted by molar-refractivity contribution is 5.92. The fourth-order valence-electron chi connectivity index (χ4n) is 3.74. The fraction of sp³-hybridized carbons (Fsp3) is 0.529. The van der Waals surface area contributed by atoms with E-state index in [9.17, 15) is 24.2 Å². The molecule has 1 saturated heterocycles. The number of nitrogens with zero attached hydrogens (tertiary/aromatic N) is 4. The standard InChI is InChI=1S/C17H22FN4O4/c1-12(23)20(14-6-4-3-5-7-14)16-10-15(16)19-8-9-22(18,13(2)24)11-17(19)21(25)26/h3-7,15-17H,8-11H2,1-2H3/q+1. The van der Waals surface area contributed by atoms with Crippen LogP contribution in [0.1, 0.15) is 20.3 Å². The Kier molecular flexibility index (Phi) is 4.76. The Morgan fingerprint density at radius 1 is 1.31 bits per heavy atom. The van der Waals surface area contributed by atoms with E-state index in [-0.39, 0.29) is 31.1 Å². The maximum Gasteiger partial charge on any atom is 0.348 e. The summed E-state index contributed by atoms with van der Waals surface area (Å²) in [5.74, 6) is -0.865. The molecular formula is C17H22FN4O4+. The molecule has 0 bridgehead atoms. The van der Waals surface area contributed by atoms with Crippen molar-refractivity contribution in [2.24, 2.45) is 0 Å². The first-order valence-corrected chi connectivity index (χ1v) is 8.56. The number of halogens is 1. The predicted molar refractivity (Wildman–Crippen MR) is 91.1 cm³/mol. The third-order valence-corrected chi connectivity index (χ3v) is 5.21. The Hall–Kier alpha value is -2.39. The van der Waals surface area contributed by atoms with Crippen LogP contribution >= 0.6 is 0 Å². The second kappa shape index (κ2) is 6.73. The van der Waals surface area contributed by atoms with Gasteiger partial charge < -0.3 is 4.90 Å². The maximum absolute atomic E-state index is 14.6. The van der Waals surface area contributed by atoms with Crippen LogP contribution < -0.4 is 4.90 Å². The number of carbonyl (C=O) groups is 2. The number of piperazine rings is 1. The Bertz CT molecular complexity index is 731. The van der Waals surface area contributed by atoms with Crippen molar-refractivity contribution in [3.63, 3.8) is 0 Å². The van der Waals surface area contributed by atoms with Crippen LogP contribution in [-0.2, 0) is 9.59 Å². The Morgan fingerprint density at radius 2 is 1.96 bits per heavy atom. The SMILES string of the molecule is CC(=O)N(c1ccccc1)C1CC1N1CC[N+](F)(C(C)=O)CC1[N+](=O)[O-]. The summed E-state index contributed by atoms with van der Waals surface area (Å²) in [4.78, 5) is 37.9. The van der Waals surface area contributed by atoms with Crippen molar-refractivity contribution in [2.45, 2.75) is 38.5 Å². The van der Waals surface area contributed by atoms with Gasteiger partial charge in [-0.15, -0.1) is 0 Å². The lowest BCUT2D eigenvalue weighted by Crippen LogP contribution is -2.64. The smallest absolute Gasteiger partial charge is 0.308 e. The molecule has 26 heavy (non-hydrogen) atoms. The van der Waals surface area contributed by atoms with E-state index in [0.717, 1.165) is 12.6 Å². The molecule has 2 fully saturated rings. The highest BCUT2D eigenvalue weighted by Gasteiger charge is 2.58. The van der Waals surface area contributed by atoms with Gasteiger partial charge in [-0.1, -0.05) is 22.9 Å². The van der Waals surface area contributed by atoms with E-state index in [1.807, 2.05) is 30.3 Å². The quantitative estimate of drug-likeness (QED) is 0.457. The van der Waals surface area contributed by atoms with Crippen molar-refractivity contribution < 1.29 is 23.7 Å². The topological polar surface area (TPSA) is 83.8 Å². The largest absolute Gasteiger partial charge is 0.348 e. The first kappa shape index (κ1) is 18.4. The molecule has 1 aromatic carbocycles. The van der Waals surface area contributed by atoms with Gasteiger partial charge in [-0.3, -0.25) is 14.9 Å². The van der Waals surface area contributed by atoms with Gasteiger partial charge in [0.1, 0.15) is 6.54 Å². The molecule has 3 rings (SSSR count). The third kappa shape index (κ3) is 3.32. The van der Waals surface area contributed by atoms with Crippen molar-refractivity contribution >= 4 is 17.5 Å². The van der Waals surface area contributed by atoms with Crippen LogP contribution in [0.4, 0.5) is 10.2 Å². The number of hydrogen-bond donors (Lipinski definition) is 0. The van der Waals surface area contributed by atoms with Crippen LogP contribution in [-0.4, -0.2) is 64.2 Å². The number of amides is 2. The normalized spacial score (nSPS) is 31.3. The van der Waals surface area contributed by atoms with Crippen molar-refractivity contribution in [1.82, 2.24) is 4.90 Å². The van der Waals surface area contributed by atoms with Crippen molar-refractivity contribution in [3.05, 3.63) is 40.4 Å². The van der Waals surface area contributed by atoms with Gasteiger partial charge in [0.15, 0.2) is 0 Å². The molecule has 0 radical (unpaired) electrons. The summed E-state index contributed by atoms with van der Waals surface area (Å²) in [5.41, 5.74) is 0.738. The van der Waals surface area contributed by atoms with Crippen LogP contribution in [0, 0.1) is 10.1 Å². The number of rotatable bonds is 4. The van der Waals surface area contributed by atoms with E-state index in [0.29, 0.717) is 6.42 Å². The number of carbonyl (C=O) groups excluding carboxylic acids is 2. The molecule has 4 atom stereocenters. The van der Waals surface area contributed by atoms with Gasteiger partial charge in [0.25, 0.3) is 0 Å². The maximum atomic E-state index is 14.6. The lowest BCUT2D eigenvalue weighted by molar-refractivity contribution is -1.00. The van der Waals surface area contributed by atoms with Gasteiger partial charge in [-0.2, -0.15) is 0 Å². The van der Waals surface area contributed by atoms with Gasteiger partial charge in [0.2, 0.25) is 12.5 Å². The lowest BCUT2D eigenvalue weighted by atomic mass is 10.2. The zero-order valence-corrected chi connectivity index (χ0v) is 14.7. The van der Waals surface area contributed by atoms with Crippen LogP contribution in [0.5, 0.6) is 0 Å². The number of quaternary nitrogens is 1. The summed E-state index contributed by atoms with van der Waals surface area (Å²) in [6.45, 7) is 2.05. The Balaban J connectivity index is 1.79. The highest BCUT2D eigenvalue weighted by Crippen LogP contribution is 2.39. The molecule has 9 heteroatoms. The summed E-state index contributed by atoms with van der Waals surface area (Å²) in [6, 6.07) is 8.73. The molecule has 0 aromatic heterocycles. The van der Waals surface area contributed by atoms with Crippen molar-refractivity contribution in [3.8, 4) is 0 Å². The Morgan fingerprint density at radius 3 is 2.50 bits per heavy atom. The highest BCUT2D eigenvalue weighted by atomic mass is 19.2. The average Bonchev–Trinajstić information content (AvgIpc) is 3.35. The Labute approximate surface area is 150 Å². The third-order valence-electron chi connectivity index (χ3n) is 5.21. The molecule has 1 aromatic rings. The predicted octanol–water partition coefficient (Wildman–Crippen LogP) is 1.35. The molecule has 1 aliphatic heterocycles. The molecule has 4 unspecified atom stereocenters. The summed E-state index contributed by atoms with van der Waals surface area (Å²) in [5, 5.41) is 11.5. The van der Waals surface area contributed by atoms with E-state index in [2.05, 4.69) is 0 Å². The number of para-hydroxylation sites is 1. The molecule has 8 nitrogen and oxygen atoms in total. The summed E-state index contributed by atoms with van der Waals surface area (Å²) in [7, 11) is 0. The van der Waals surface area contributed by atoms with E-state index in [4.69, 9.17) is 0 Å². The van der Waals surface area contributed by atoms with E-state index >= 15 is 0 Å². The average molecular weight is 365 g/mol. The molecule has 140 valence electrons. The van der Waals surface area contributed by atoms with Gasteiger partial charge in [-0.25, -0.2) is 9.69 Å². The molecule has 0 N–H and O–H groups in total. The summed E-state index contributed by atoms with van der Waals surface area (Å²) < 4.78 is 13.2. The summed E-state index contributed by atoms with van der Waals surface area (Å²) >= 11 is 0. The molecule has 1 aliphatic carbocycles. The molecule has 0 spiro atoms. The zero-order chi connectivity index (χ0) is 19.1. The van der Waals surface area contributed by atoms with E-state index in [1.54, 1.807) is 9.80 Å². The van der Waals surface area contributed by atoms with E-state index in [1.165, 1.54) is 6.92 Å². The minimum absolute atomic E-state index is 0.101.